The lowest BCUT2D eigenvalue weighted by atomic mass is 9.98. The van der Waals surface area contributed by atoms with Crippen molar-refractivity contribution in [2.24, 2.45) is 9.98 Å². The maximum Gasteiger partial charge on any atom is 0.160 e. The largest absolute Gasteiger partial charge is 0.456 e. The first-order valence-corrected chi connectivity index (χ1v) is 17.0. The zero-order valence-electron chi connectivity index (χ0n) is 28.0. The fraction of sp³-hybridized carbons (Fsp3) is 0.0213. The molecule has 0 aliphatic heterocycles. The van der Waals surface area contributed by atoms with E-state index >= 15 is 0 Å². The zero-order valence-corrected chi connectivity index (χ0v) is 28.0. The van der Waals surface area contributed by atoms with Gasteiger partial charge in [0, 0.05) is 38.2 Å². The van der Waals surface area contributed by atoms with E-state index < -0.39 is 0 Å². The van der Waals surface area contributed by atoms with E-state index in [0.29, 0.717) is 11.5 Å². The quantitative estimate of drug-likeness (QED) is 0.132. The molecule has 0 spiro atoms. The van der Waals surface area contributed by atoms with E-state index in [1.807, 2.05) is 67.6 Å². The minimum atomic E-state index is 0.555. The SMILES string of the molecule is C=C(/N=C(\N=C(/C)c1cccc2c1oc1ccccc12)c1ccc(-c2cccc(-c3ccccc3)c2)cc1)c1ccc2c(c1)oc1ccccc12. The summed E-state index contributed by atoms with van der Waals surface area (Å²) in [7, 11) is 0. The van der Waals surface area contributed by atoms with Gasteiger partial charge in [0.25, 0.3) is 0 Å². The number of nitrogens with zero attached hydrogens (tertiary/aromatic N) is 2. The molecule has 7 aromatic carbocycles. The Bertz CT molecular complexity index is 2820. The van der Waals surface area contributed by atoms with Gasteiger partial charge in [0.05, 0.1) is 11.4 Å². The third-order valence-corrected chi connectivity index (χ3v) is 9.47. The van der Waals surface area contributed by atoms with Gasteiger partial charge in [-0.25, -0.2) is 9.98 Å². The smallest absolute Gasteiger partial charge is 0.160 e. The first-order chi connectivity index (χ1) is 25.1. The van der Waals surface area contributed by atoms with Crippen molar-refractivity contribution < 1.29 is 8.83 Å². The molecule has 4 heteroatoms. The van der Waals surface area contributed by atoms with Crippen LogP contribution in [0, 0.1) is 0 Å². The van der Waals surface area contributed by atoms with Crippen LogP contribution in [0.15, 0.2) is 189 Å². The molecule has 51 heavy (non-hydrogen) atoms. The van der Waals surface area contributed by atoms with Crippen molar-refractivity contribution in [3.63, 3.8) is 0 Å². The van der Waals surface area contributed by atoms with E-state index in [0.717, 1.165) is 77.4 Å². The summed E-state index contributed by atoms with van der Waals surface area (Å²) in [5.41, 5.74) is 12.0. The van der Waals surface area contributed by atoms with Gasteiger partial charge in [-0.1, -0.05) is 134 Å². The predicted molar refractivity (Wildman–Crippen MR) is 213 cm³/mol. The molecule has 0 aliphatic carbocycles. The maximum absolute atomic E-state index is 6.37. The molecule has 0 N–H and O–H groups in total. The van der Waals surface area contributed by atoms with Crippen LogP contribution in [0.4, 0.5) is 0 Å². The van der Waals surface area contributed by atoms with Gasteiger partial charge in [0.2, 0.25) is 0 Å². The van der Waals surface area contributed by atoms with Crippen molar-refractivity contribution in [2.45, 2.75) is 6.92 Å². The van der Waals surface area contributed by atoms with Crippen LogP contribution in [-0.4, -0.2) is 11.5 Å². The molecule has 2 heterocycles. The van der Waals surface area contributed by atoms with Gasteiger partial charge < -0.3 is 8.83 Å². The standard InChI is InChI=1S/C47H32N2O2/c1-30(35-26-27-41-39-16-6-8-20-43(39)50-45(41)29-35)48-47(49-31(2)38-18-11-19-42-40-17-7-9-21-44(40)51-46(38)42)34-24-22-33(23-25-34)37-15-10-14-36(28-37)32-12-4-3-5-13-32/h3-29H,1H2,2H3/b48-47-,49-31+. The van der Waals surface area contributed by atoms with E-state index in [2.05, 4.69) is 110 Å². The fourth-order valence-electron chi connectivity index (χ4n) is 6.82. The van der Waals surface area contributed by atoms with E-state index in [9.17, 15) is 0 Å². The normalized spacial score (nSPS) is 12.3. The molecule has 0 bridgehead atoms. The number of benzene rings is 7. The summed E-state index contributed by atoms with van der Waals surface area (Å²) >= 11 is 0. The molecule has 0 fully saturated rings. The number of hydrogen-bond donors (Lipinski definition) is 0. The molecule has 0 saturated carbocycles. The first kappa shape index (κ1) is 30.3. The van der Waals surface area contributed by atoms with Crippen molar-refractivity contribution in [2.75, 3.05) is 0 Å². The number of aliphatic imine (C=N–C) groups is 2. The van der Waals surface area contributed by atoms with E-state index in [1.165, 1.54) is 11.1 Å². The van der Waals surface area contributed by atoms with E-state index in [1.54, 1.807) is 0 Å². The second-order valence-electron chi connectivity index (χ2n) is 12.7. The Morgan fingerprint density at radius 2 is 1.02 bits per heavy atom. The molecule has 9 aromatic rings. The second-order valence-corrected chi connectivity index (χ2v) is 12.7. The van der Waals surface area contributed by atoms with E-state index in [4.69, 9.17) is 18.8 Å². The van der Waals surface area contributed by atoms with Crippen LogP contribution >= 0.6 is 0 Å². The zero-order chi connectivity index (χ0) is 34.3. The van der Waals surface area contributed by atoms with Crippen molar-refractivity contribution >= 4 is 61.1 Å². The van der Waals surface area contributed by atoms with Crippen LogP contribution < -0.4 is 0 Å². The summed E-state index contributed by atoms with van der Waals surface area (Å²) in [6, 6.07) is 56.0. The molecular formula is C47H32N2O2. The Morgan fingerprint density at radius 1 is 0.451 bits per heavy atom. The second kappa shape index (κ2) is 12.6. The molecule has 2 aromatic heterocycles. The molecule has 0 radical (unpaired) electrons. The van der Waals surface area contributed by atoms with Gasteiger partial charge in [0.1, 0.15) is 22.3 Å². The third-order valence-electron chi connectivity index (χ3n) is 9.47. The van der Waals surface area contributed by atoms with Gasteiger partial charge in [-0.2, -0.15) is 0 Å². The molecule has 0 amide bonds. The molecule has 0 aliphatic rings. The van der Waals surface area contributed by atoms with Crippen LogP contribution in [0.25, 0.3) is 71.8 Å². The number of amidine groups is 1. The predicted octanol–water partition coefficient (Wildman–Crippen LogP) is 12.7. The molecule has 9 rings (SSSR count). The van der Waals surface area contributed by atoms with E-state index in [-0.39, 0.29) is 0 Å². The number of rotatable bonds is 6. The fourth-order valence-corrected chi connectivity index (χ4v) is 6.82. The Morgan fingerprint density at radius 3 is 1.78 bits per heavy atom. The summed E-state index contributed by atoms with van der Waals surface area (Å²) in [5.74, 6) is 0.555. The van der Waals surface area contributed by atoms with Gasteiger partial charge in [-0.15, -0.1) is 0 Å². The number of fused-ring (bicyclic) bond motifs is 6. The van der Waals surface area contributed by atoms with Gasteiger partial charge in [0.15, 0.2) is 5.84 Å². The highest BCUT2D eigenvalue weighted by molar-refractivity contribution is 6.19. The van der Waals surface area contributed by atoms with Gasteiger partial charge >= 0.3 is 0 Å². The van der Waals surface area contributed by atoms with Gasteiger partial charge in [-0.3, -0.25) is 0 Å². The third kappa shape index (κ3) is 5.63. The van der Waals surface area contributed by atoms with Crippen molar-refractivity contribution in [1.82, 2.24) is 0 Å². The van der Waals surface area contributed by atoms with Crippen molar-refractivity contribution in [3.05, 3.63) is 187 Å². The van der Waals surface area contributed by atoms with Crippen LogP contribution in [0.2, 0.25) is 0 Å². The summed E-state index contributed by atoms with van der Waals surface area (Å²) in [6.45, 7) is 6.40. The minimum absolute atomic E-state index is 0.555. The van der Waals surface area contributed by atoms with Crippen LogP contribution in [0.1, 0.15) is 23.6 Å². The lowest BCUT2D eigenvalue weighted by molar-refractivity contribution is 0.668. The lowest BCUT2D eigenvalue weighted by Crippen LogP contribution is -2.04. The molecule has 0 atom stereocenters. The Labute approximate surface area is 295 Å². The average Bonchev–Trinajstić information content (AvgIpc) is 3.76. The van der Waals surface area contributed by atoms with Crippen molar-refractivity contribution in [1.29, 1.82) is 0 Å². The summed E-state index contributed by atoms with van der Waals surface area (Å²) in [5, 5.41) is 4.29. The van der Waals surface area contributed by atoms with Gasteiger partial charge in [-0.05, 0) is 65.6 Å². The van der Waals surface area contributed by atoms with Crippen LogP contribution in [0.5, 0.6) is 0 Å². The molecule has 0 unspecified atom stereocenters. The molecule has 4 nitrogen and oxygen atoms in total. The van der Waals surface area contributed by atoms with Crippen molar-refractivity contribution in [3.8, 4) is 22.3 Å². The summed E-state index contributed by atoms with van der Waals surface area (Å²) in [4.78, 5) is 10.3. The van der Waals surface area contributed by atoms with Crippen LogP contribution in [-0.2, 0) is 0 Å². The number of hydrogen-bond acceptors (Lipinski definition) is 3. The molecular weight excluding hydrogens is 625 g/mol. The molecule has 0 saturated heterocycles. The average molecular weight is 657 g/mol. The topological polar surface area (TPSA) is 51.0 Å². The highest BCUT2D eigenvalue weighted by Crippen LogP contribution is 2.33. The monoisotopic (exact) mass is 656 g/mol. The molecule has 242 valence electrons. The Hall–Kier alpha value is -6.78. The summed E-state index contributed by atoms with van der Waals surface area (Å²) in [6.07, 6.45) is 0. The summed E-state index contributed by atoms with van der Waals surface area (Å²) < 4.78 is 12.6. The Balaban J connectivity index is 1.13. The van der Waals surface area contributed by atoms with Crippen LogP contribution in [0.3, 0.4) is 0 Å². The minimum Gasteiger partial charge on any atom is -0.456 e. The highest BCUT2D eigenvalue weighted by atomic mass is 16.3. The number of furan rings is 2. The Kier molecular flexibility index (Phi) is 7.48. The number of para-hydroxylation sites is 3. The maximum atomic E-state index is 6.37. The first-order valence-electron chi connectivity index (χ1n) is 17.0. The highest BCUT2D eigenvalue weighted by Gasteiger charge is 2.15. The lowest BCUT2D eigenvalue weighted by Gasteiger charge is -2.10.